The van der Waals surface area contributed by atoms with Crippen LogP contribution < -0.4 is 10.6 Å². The van der Waals surface area contributed by atoms with Gasteiger partial charge in [-0.3, -0.25) is 0 Å². The van der Waals surface area contributed by atoms with E-state index in [1.807, 2.05) is 24.3 Å². The van der Waals surface area contributed by atoms with Crippen LogP contribution in [0.15, 0.2) is 24.3 Å². The van der Waals surface area contributed by atoms with Gasteiger partial charge in [-0.05, 0) is 29.9 Å². The van der Waals surface area contributed by atoms with E-state index in [0.717, 1.165) is 17.7 Å². The number of para-hydroxylation sites is 1. The second-order valence-electron chi connectivity index (χ2n) is 5.85. The molecule has 20 heavy (non-hydrogen) atoms. The Bertz CT molecular complexity index is 430. The van der Waals surface area contributed by atoms with Crippen LogP contribution >= 0.6 is 0 Å². The fourth-order valence-corrected chi connectivity index (χ4v) is 2.21. The van der Waals surface area contributed by atoms with Crippen molar-refractivity contribution in [1.82, 2.24) is 5.32 Å². The summed E-state index contributed by atoms with van der Waals surface area (Å²) in [6.07, 6.45) is 0.760. The molecule has 0 spiro atoms. The van der Waals surface area contributed by atoms with Gasteiger partial charge in [-0.1, -0.05) is 45.9 Å². The van der Waals surface area contributed by atoms with Crippen molar-refractivity contribution >= 4 is 11.7 Å². The zero-order valence-electron chi connectivity index (χ0n) is 12.8. The van der Waals surface area contributed by atoms with Gasteiger partial charge in [-0.15, -0.1) is 0 Å². The Labute approximate surface area is 121 Å². The Morgan fingerprint density at radius 2 is 1.85 bits per heavy atom. The first-order chi connectivity index (χ1) is 9.43. The molecule has 0 radical (unpaired) electrons. The van der Waals surface area contributed by atoms with Gasteiger partial charge in [-0.2, -0.15) is 0 Å². The van der Waals surface area contributed by atoms with Gasteiger partial charge in [0.2, 0.25) is 0 Å². The summed E-state index contributed by atoms with van der Waals surface area (Å²) in [4.78, 5) is 12.0. The standard InChI is InChI=1S/C16H26N2O2/c1-11(2)9-13(10-19)17-16(20)18-15-8-6-5-7-14(15)12(3)4/h5-8,11-13,19H,9-10H2,1-4H3,(H2,17,18,20). The minimum atomic E-state index is -0.266. The van der Waals surface area contributed by atoms with Gasteiger partial charge in [-0.25, -0.2) is 4.79 Å². The molecule has 0 saturated carbocycles. The third kappa shape index (κ3) is 5.21. The van der Waals surface area contributed by atoms with Gasteiger partial charge in [0.1, 0.15) is 0 Å². The van der Waals surface area contributed by atoms with Crippen LogP contribution in [0.25, 0.3) is 0 Å². The number of aliphatic hydroxyl groups is 1. The van der Waals surface area contributed by atoms with Crippen LogP contribution in [0.3, 0.4) is 0 Å². The molecule has 0 aliphatic carbocycles. The summed E-state index contributed by atoms with van der Waals surface area (Å²) in [5.74, 6) is 0.770. The molecular weight excluding hydrogens is 252 g/mol. The topological polar surface area (TPSA) is 61.4 Å². The van der Waals surface area contributed by atoms with Crippen molar-refractivity contribution in [3.8, 4) is 0 Å². The van der Waals surface area contributed by atoms with Crippen molar-refractivity contribution in [1.29, 1.82) is 0 Å². The highest BCUT2D eigenvalue weighted by Gasteiger charge is 2.14. The summed E-state index contributed by atoms with van der Waals surface area (Å²) in [7, 11) is 0. The van der Waals surface area contributed by atoms with E-state index in [9.17, 15) is 9.90 Å². The predicted octanol–water partition coefficient (Wildman–Crippen LogP) is 3.34. The van der Waals surface area contributed by atoms with E-state index in [-0.39, 0.29) is 18.7 Å². The number of nitrogens with one attached hydrogen (secondary N) is 2. The number of hydrogen-bond acceptors (Lipinski definition) is 2. The van der Waals surface area contributed by atoms with Crippen LogP contribution in [-0.2, 0) is 0 Å². The normalized spacial score (nSPS) is 12.6. The maximum absolute atomic E-state index is 12.0. The molecule has 0 aliphatic rings. The van der Waals surface area contributed by atoms with Crippen molar-refractivity contribution in [3.05, 3.63) is 29.8 Å². The summed E-state index contributed by atoms with van der Waals surface area (Å²) in [5, 5.41) is 15.0. The number of amides is 2. The lowest BCUT2D eigenvalue weighted by molar-refractivity contribution is 0.214. The number of aliphatic hydroxyl groups excluding tert-OH is 1. The molecule has 4 heteroatoms. The molecule has 1 aromatic carbocycles. The first kappa shape index (κ1) is 16.5. The van der Waals surface area contributed by atoms with Crippen LogP contribution in [0.4, 0.5) is 10.5 Å². The zero-order valence-corrected chi connectivity index (χ0v) is 12.8. The van der Waals surface area contributed by atoms with Crippen LogP contribution in [0, 0.1) is 5.92 Å². The molecule has 1 atom stereocenters. The van der Waals surface area contributed by atoms with Gasteiger partial charge >= 0.3 is 6.03 Å². The first-order valence-electron chi connectivity index (χ1n) is 7.21. The van der Waals surface area contributed by atoms with E-state index in [4.69, 9.17) is 0 Å². The molecule has 112 valence electrons. The fraction of sp³-hybridized carbons (Fsp3) is 0.562. The highest BCUT2D eigenvalue weighted by atomic mass is 16.3. The summed E-state index contributed by atoms with van der Waals surface area (Å²) in [5.41, 5.74) is 1.92. The number of rotatable bonds is 6. The third-order valence-corrected chi connectivity index (χ3v) is 3.14. The highest BCUT2D eigenvalue weighted by molar-refractivity contribution is 5.90. The number of benzene rings is 1. The summed E-state index contributed by atoms with van der Waals surface area (Å²) < 4.78 is 0. The number of carbonyl (C=O) groups excluding carboxylic acids is 1. The van der Waals surface area contributed by atoms with E-state index in [2.05, 4.69) is 38.3 Å². The second kappa shape index (κ2) is 7.90. The Balaban J connectivity index is 2.66. The van der Waals surface area contributed by atoms with E-state index < -0.39 is 0 Å². The molecule has 0 bridgehead atoms. The third-order valence-electron chi connectivity index (χ3n) is 3.14. The van der Waals surface area contributed by atoms with Crippen LogP contribution in [0.5, 0.6) is 0 Å². The lowest BCUT2D eigenvalue weighted by Crippen LogP contribution is -2.41. The van der Waals surface area contributed by atoms with Crippen LogP contribution in [-0.4, -0.2) is 23.8 Å². The van der Waals surface area contributed by atoms with Crippen molar-refractivity contribution in [2.45, 2.75) is 46.1 Å². The molecule has 0 fully saturated rings. The number of anilines is 1. The molecule has 0 aliphatic heterocycles. The Morgan fingerprint density at radius 3 is 2.40 bits per heavy atom. The number of carbonyl (C=O) groups is 1. The Hall–Kier alpha value is -1.55. The Morgan fingerprint density at radius 1 is 1.20 bits per heavy atom. The average molecular weight is 278 g/mol. The molecule has 2 amide bonds. The monoisotopic (exact) mass is 278 g/mol. The first-order valence-corrected chi connectivity index (χ1v) is 7.21. The van der Waals surface area contributed by atoms with Gasteiger partial charge in [0.05, 0.1) is 12.6 Å². The van der Waals surface area contributed by atoms with Crippen LogP contribution in [0.2, 0.25) is 0 Å². The summed E-state index contributed by atoms with van der Waals surface area (Å²) >= 11 is 0. The molecule has 4 nitrogen and oxygen atoms in total. The van der Waals surface area contributed by atoms with Crippen molar-refractivity contribution in [3.63, 3.8) is 0 Å². The highest BCUT2D eigenvalue weighted by Crippen LogP contribution is 2.23. The zero-order chi connectivity index (χ0) is 15.1. The summed E-state index contributed by atoms with van der Waals surface area (Å²) in [6.45, 7) is 8.27. The quantitative estimate of drug-likeness (QED) is 0.747. The smallest absolute Gasteiger partial charge is 0.319 e. The minimum absolute atomic E-state index is 0.0442. The van der Waals surface area contributed by atoms with E-state index in [1.165, 1.54) is 0 Å². The van der Waals surface area contributed by atoms with Gasteiger partial charge in [0.25, 0.3) is 0 Å². The van der Waals surface area contributed by atoms with Crippen molar-refractivity contribution in [2.24, 2.45) is 5.92 Å². The van der Waals surface area contributed by atoms with Gasteiger partial charge < -0.3 is 15.7 Å². The number of hydrogen-bond donors (Lipinski definition) is 3. The SMILES string of the molecule is CC(C)CC(CO)NC(=O)Nc1ccccc1C(C)C. The Kier molecular flexibility index (Phi) is 6.52. The lowest BCUT2D eigenvalue weighted by Gasteiger charge is -2.20. The largest absolute Gasteiger partial charge is 0.394 e. The summed E-state index contributed by atoms with van der Waals surface area (Å²) in [6, 6.07) is 7.30. The minimum Gasteiger partial charge on any atom is -0.394 e. The number of urea groups is 1. The molecule has 0 saturated heterocycles. The molecular formula is C16H26N2O2. The van der Waals surface area contributed by atoms with E-state index >= 15 is 0 Å². The fourth-order valence-electron chi connectivity index (χ4n) is 2.21. The maximum atomic E-state index is 12.0. The average Bonchev–Trinajstić information content (AvgIpc) is 2.37. The second-order valence-corrected chi connectivity index (χ2v) is 5.85. The van der Waals surface area contributed by atoms with Gasteiger partial charge in [0, 0.05) is 5.69 Å². The van der Waals surface area contributed by atoms with Crippen LogP contribution in [0.1, 0.15) is 45.6 Å². The molecule has 1 rings (SSSR count). The molecule has 1 aromatic rings. The molecule has 0 aromatic heterocycles. The lowest BCUT2D eigenvalue weighted by atomic mass is 10.0. The molecule has 1 unspecified atom stereocenters. The maximum Gasteiger partial charge on any atom is 0.319 e. The predicted molar refractivity (Wildman–Crippen MR) is 83.0 cm³/mol. The van der Waals surface area contributed by atoms with E-state index in [1.54, 1.807) is 0 Å². The molecule has 3 N–H and O–H groups in total. The van der Waals surface area contributed by atoms with Crippen molar-refractivity contribution in [2.75, 3.05) is 11.9 Å². The molecule has 0 heterocycles. The van der Waals surface area contributed by atoms with E-state index in [0.29, 0.717) is 11.8 Å². The van der Waals surface area contributed by atoms with Gasteiger partial charge in [0.15, 0.2) is 0 Å². The van der Waals surface area contributed by atoms with Crippen molar-refractivity contribution < 1.29 is 9.90 Å².